The molecule has 7 nitrogen and oxygen atoms in total. The lowest BCUT2D eigenvalue weighted by atomic mass is 10.2. The molecule has 1 aromatic heterocycles. The summed E-state index contributed by atoms with van der Waals surface area (Å²) >= 11 is 0. The molecule has 0 bridgehead atoms. The molecule has 1 aliphatic carbocycles. The summed E-state index contributed by atoms with van der Waals surface area (Å²) < 4.78 is 1.87. The molecule has 0 spiro atoms. The second-order valence-corrected chi connectivity index (χ2v) is 6.07. The van der Waals surface area contributed by atoms with Crippen LogP contribution in [0.15, 0.2) is 46.1 Å². The molecule has 0 aliphatic heterocycles. The quantitative estimate of drug-likeness (QED) is 0.811. The van der Waals surface area contributed by atoms with Crippen molar-refractivity contribution >= 4 is 5.91 Å². The largest absolute Gasteiger partial charge is 0.390 e. The number of aliphatic hydroxyl groups is 2. The van der Waals surface area contributed by atoms with Gasteiger partial charge >= 0.3 is 5.69 Å². The topological polar surface area (TPSA) is 102 Å². The van der Waals surface area contributed by atoms with Crippen LogP contribution in [0, 0.1) is 6.92 Å². The minimum Gasteiger partial charge on any atom is -0.390 e. The predicted octanol–water partition coefficient (Wildman–Crippen LogP) is 0.0636. The lowest BCUT2D eigenvalue weighted by Gasteiger charge is -2.16. The highest BCUT2D eigenvalue weighted by molar-refractivity contribution is 5.95. The Morgan fingerprint density at radius 1 is 1.08 bits per heavy atom. The standard InChI is InChI=1S/C17H18N2O5/c1-10-9-18(12-7-13(20)14(21)8-12)17(24)19(15(10)22)16(23)11-5-3-2-4-6-11/h2-6,9,12-14,20-21H,7-8H2,1H3/t13-,14-/m0/s1. The SMILES string of the molecule is Cc1cn(C2C[C@H](O)[C@@H](O)C2)c(=O)n(C(=O)c2ccccc2)c1=O. The van der Waals surface area contributed by atoms with E-state index in [1.807, 2.05) is 0 Å². The van der Waals surface area contributed by atoms with Crippen molar-refractivity contribution in [1.82, 2.24) is 9.13 Å². The summed E-state index contributed by atoms with van der Waals surface area (Å²) in [5.41, 5.74) is -0.940. The molecule has 1 heterocycles. The number of hydrogen-bond donors (Lipinski definition) is 2. The van der Waals surface area contributed by atoms with Crippen molar-refractivity contribution in [2.75, 3.05) is 0 Å². The maximum atomic E-state index is 12.7. The molecule has 0 radical (unpaired) electrons. The van der Waals surface area contributed by atoms with Crippen molar-refractivity contribution in [3.63, 3.8) is 0 Å². The van der Waals surface area contributed by atoms with Gasteiger partial charge in [-0.2, -0.15) is 4.57 Å². The molecule has 1 saturated carbocycles. The van der Waals surface area contributed by atoms with Gasteiger partial charge in [0.05, 0.1) is 12.2 Å². The Labute approximate surface area is 137 Å². The molecule has 1 fully saturated rings. The van der Waals surface area contributed by atoms with Crippen LogP contribution in [-0.4, -0.2) is 37.5 Å². The summed E-state index contributed by atoms with van der Waals surface area (Å²) in [6.07, 6.45) is -0.0782. The van der Waals surface area contributed by atoms with Gasteiger partial charge in [-0.3, -0.25) is 14.2 Å². The molecular weight excluding hydrogens is 312 g/mol. The smallest absolute Gasteiger partial charge is 0.338 e. The molecule has 2 N–H and O–H groups in total. The van der Waals surface area contributed by atoms with E-state index in [1.165, 1.54) is 29.8 Å². The molecule has 1 aliphatic rings. The van der Waals surface area contributed by atoms with E-state index in [2.05, 4.69) is 0 Å². The first kappa shape index (κ1) is 16.4. The minimum absolute atomic E-state index is 0.193. The second kappa shape index (κ2) is 6.18. The Kier molecular flexibility index (Phi) is 4.21. The molecule has 3 rings (SSSR count). The molecule has 24 heavy (non-hydrogen) atoms. The van der Waals surface area contributed by atoms with Crippen LogP contribution in [0.2, 0.25) is 0 Å². The Bertz CT molecular complexity index is 874. The van der Waals surface area contributed by atoms with E-state index < -0.39 is 35.4 Å². The Morgan fingerprint density at radius 2 is 1.67 bits per heavy atom. The van der Waals surface area contributed by atoms with Crippen LogP contribution < -0.4 is 11.2 Å². The first-order valence-corrected chi connectivity index (χ1v) is 7.71. The molecule has 2 atom stereocenters. The number of aryl methyl sites for hydroxylation is 1. The van der Waals surface area contributed by atoms with Crippen molar-refractivity contribution in [1.29, 1.82) is 0 Å². The van der Waals surface area contributed by atoms with Crippen LogP contribution >= 0.6 is 0 Å². The summed E-state index contributed by atoms with van der Waals surface area (Å²) in [5.74, 6) is -0.692. The van der Waals surface area contributed by atoms with Gasteiger partial charge in [0.2, 0.25) is 0 Å². The van der Waals surface area contributed by atoms with E-state index in [-0.39, 0.29) is 24.0 Å². The highest BCUT2D eigenvalue weighted by Crippen LogP contribution is 2.29. The van der Waals surface area contributed by atoms with E-state index in [0.717, 1.165) is 0 Å². The number of aliphatic hydroxyl groups excluding tert-OH is 2. The summed E-state index contributed by atoms with van der Waals surface area (Å²) in [4.78, 5) is 37.6. The van der Waals surface area contributed by atoms with Gasteiger partial charge in [-0.05, 0) is 31.9 Å². The van der Waals surface area contributed by atoms with Gasteiger partial charge in [0.25, 0.3) is 11.5 Å². The zero-order chi connectivity index (χ0) is 17.4. The molecule has 0 saturated heterocycles. The van der Waals surface area contributed by atoms with Crippen molar-refractivity contribution < 1.29 is 15.0 Å². The minimum atomic E-state index is -0.924. The van der Waals surface area contributed by atoms with Gasteiger partial charge in [-0.1, -0.05) is 18.2 Å². The monoisotopic (exact) mass is 330 g/mol. The Morgan fingerprint density at radius 3 is 2.25 bits per heavy atom. The third-order valence-electron chi connectivity index (χ3n) is 4.37. The Hall–Kier alpha value is -2.51. The highest BCUT2D eigenvalue weighted by Gasteiger charge is 2.34. The van der Waals surface area contributed by atoms with E-state index in [9.17, 15) is 24.6 Å². The van der Waals surface area contributed by atoms with Crippen molar-refractivity contribution in [2.24, 2.45) is 0 Å². The molecule has 2 aromatic rings. The van der Waals surface area contributed by atoms with Crippen LogP contribution in [0.3, 0.4) is 0 Å². The van der Waals surface area contributed by atoms with Crippen LogP contribution in [0.5, 0.6) is 0 Å². The lowest BCUT2D eigenvalue weighted by molar-refractivity contribution is 0.0438. The van der Waals surface area contributed by atoms with E-state index in [0.29, 0.717) is 4.57 Å². The van der Waals surface area contributed by atoms with Gasteiger partial charge in [0.15, 0.2) is 0 Å². The summed E-state index contributed by atoms with van der Waals surface area (Å²) in [5, 5.41) is 19.4. The molecular formula is C17H18N2O5. The zero-order valence-corrected chi connectivity index (χ0v) is 13.1. The second-order valence-electron chi connectivity index (χ2n) is 6.07. The summed E-state index contributed by atoms with van der Waals surface area (Å²) in [6.45, 7) is 1.52. The van der Waals surface area contributed by atoms with Crippen LogP contribution in [0.25, 0.3) is 0 Å². The first-order chi connectivity index (χ1) is 11.4. The van der Waals surface area contributed by atoms with Gasteiger partial charge < -0.3 is 10.2 Å². The molecule has 1 aromatic carbocycles. The van der Waals surface area contributed by atoms with Crippen molar-refractivity contribution in [3.8, 4) is 0 Å². The number of rotatable bonds is 2. The van der Waals surface area contributed by atoms with Gasteiger partial charge in [0.1, 0.15) is 0 Å². The van der Waals surface area contributed by atoms with Gasteiger partial charge in [-0.25, -0.2) is 4.79 Å². The summed E-state index contributed by atoms with van der Waals surface area (Å²) in [6, 6.07) is 7.63. The fourth-order valence-corrected chi connectivity index (χ4v) is 3.04. The fraction of sp³-hybridized carbons (Fsp3) is 0.353. The molecule has 126 valence electrons. The number of aromatic nitrogens is 2. The van der Waals surface area contributed by atoms with E-state index in [4.69, 9.17) is 0 Å². The first-order valence-electron chi connectivity index (χ1n) is 7.71. The predicted molar refractivity (Wildman–Crippen MR) is 86.2 cm³/mol. The van der Waals surface area contributed by atoms with Crippen LogP contribution in [-0.2, 0) is 0 Å². The fourth-order valence-electron chi connectivity index (χ4n) is 3.04. The number of hydrogen-bond acceptors (Lipinski definition) is 5. The van der Waals surface area contributed by atoms with Gasteiger partial charge in [-0.15, -0.1) is 0 Å². The number of carbonyl (C=O) groups is 1. The third-order valence-corrected chi connectivity index (χ3v) is 4.37. The lowest BCUT2D eigenvalue weighted by Crippen LogP contribution is -2.45. The average molecular weight is 330 g/mol. The zero-order valence-electron chi connectivity index (χ0n) is 13.1. The highest BCUT2D eigenvalue weighted by atomic mass is 16.3. The third kappa shape index (κ3) is 2.72. The maximum Gasteiger partial charge on any atom is 0.338 e. The van der Waals surface area contributed by atoms with Crippen LogP contribution in [0.4, 0.5) is 0 Å². The number of nitrogens with zero attached hydrogens (tertiary/aromatic N) is 2. The number of benzene rings is 1. The van der Waals surface area contributed by atoms with E-state index in [1.54, 1.807) is 18.2 Å². The normalized spacial score (nSPS) is 21.1. The molecule has 0 unspecified atom stereocenters. The van der Waals surface area contributed by atoms with Crippen molar-refractivity contribution in [3.05, 3.63) is 68.5 Å². The number of carbonyl (C=O) groups excluding carboxylic acids is 1. The van der Waals surface area contributed by atoms with E-state index >= 15 is 0 Å². The van der Waals surface area contributed by atoms with Crippen molar-refractivity contribution in [2.45, 2.75) is 38.0 Å². The van der Waals surface area contributed by atoms with Gasteiger partial charge in [0, 0.05) is 23.4 Å². The molecule has 0 amide bonds. The summed E-state index contributed by atoms with van der Waals surface area (Å²) in [7, 11) is 0. The average Bonchev–Trinajstić information content (AvgIpc) is 2.90. The van der Waals surface area contributed by atoms with Crippen LogP contribution in [0.1, 0.15) is 34.8 Å². The Balaban J connectivity index is 2.12. The maximum absolute atomic E-state index is 12.7. The molecule has 7 heteroatoms.